The Morgan fingerprint density at radius 1 is 1.37 bits per heavy atom. The van der Waals surface area contributed by atoms with Crippen LogP contribution in [0.25, 0.3) is 0 Å². The SMILES string of the molecule is O=C(CNC(=O)c1cncs1)Nc1cccc(Cl)c1. The van der Waals surface area contributed by atoms with Gasteiger partial charge in [0.2, 0.25) is 5.91 Å². The minimum Gasteiger partial charge on any atom is -0.342 e. The highest BCUT2D eigenvalue weighted by molar-refractivity contribution is 7.11. The smallest absolute Gasteiger partial charge is 0.263 e. The average molecular weight is 296 g/mol. The van der Waals surface area contributed by atoms with E-state index in [0.29, 0.717) is 15.6 Å². The van der Waals surface area contributed by atoms with Gasteiger partial charge in [0.1, 0.15) is 4.88 Å². The molecule has 0 radical (unpaired) electrons. The zero-order chi connectivity index (χ0) is 13.7. The Bertz CT molecular complexity index is 586. The first-order chi connectivity index (χ1) is 9.15. The van der Waals surface area contributed by atoms with Crippen LogP contribution in [0, 0.1) is 0 Å². The molecule has 1 aromatic heterocycles. The van der Waals surface area contributed by atoms with Crippen molar-refractivity contribution in [3.63, 3.8) is 0 Å². The van der Waals surface area contributed by atoms with Crippen LogP contribution in [0.3, 0.4) is 0 Å². The van der Waals surface area contributed by atoms with Crippen LogP contribution in [-0.4, -0.2) is 23.3 Å². The Kier molecular flexibility index (Phi) is 4.48. The second kappa shape index (κ2) is 6.31. The standard InChI is InChI=1S/C12H10ClN3O2S/c13-8-2-1-3-9(4-8)16-11(17)6-15-12(18)10-5-14-7-19-10/h1-5,7H,6H2,(H,15,18)(H,16,17). The van der Waals surface area contributed by atoms with Crippen molar-refractivity contribution in [2.45, 2.75) is 0 Å². The number of nitrogens with zero attached hydrogens (tertiary/aromatic N) is 1. The van der Waals surface area contributed by atoms with E-state index in [1.807, 2.05) is 0 Å². The zero-order valence-electron chi connectivity index (χ0n) is 9.72. The largest absolute Gasteiger partial charge is 0.342 e. The predicted molar refractivity (Wildman–Crippen MR) is 74.5 cm³/mol. The molecular weight excluding hydrogens is 286 g/mol. The number of nitrogens with one attached hydrogen (secondary N) is 2. The highest BCUT2D eigenvalue weighted by Gasteiger charge is 2.09. The summed E-state index contributed by atoms with van der Waals surface area (Å²) in [5.74, 6) is -0.635. The summed E-state index contributed by atoms with van der Waals surface area (Å²) in [4.78, 5) is 27.5. The van der Waals surface area contributed by atoms with E-state index in [-0.39, 0.29) is 18.4 Å². The van der Waals surface area contributed by atoms with E-state index in [0.717, 1.165) is 0 Å². The summed E-state index contributed by atoms with van der Waals surface area (Å²) in [7, 11) is 0. The van der Waals surface area contributed by atoms with Crippen molar-refractivity contribution in [3.8, 4) is 0 Å². The van der Waals surface area contributed by atoms with Crippen molar-refractivity contribution in [3.05, 3.63) is 45.9 Å². The number of aromatic nitrogens is 1. The van der Waals surface area contributed by atoms with E-state index >= 15 is 0 Å². The lowest BCUT2D eigenvalue weighted by Crippen LogP contribution is -2.32. The van der Waals surface area contributed by atoms with Crippen molar-refractivity contribution in [1.82, 2.24) is 10.3 Å². The Morgan fingerprint density at radius 2 is 2.21 bits per heavy atom. The molecule has 2 aromatic rings. The van der Waals surface area contributed by atoms with Crippen LogP contribution in [-0.2, 0) is 4.79 Å². The average Bonchev–Trinajstić information content (AvgIpc) is 2.90. The second-order valence-corrected chi connectivity index (χ2v) is 4.93. The summed E-state index contributed by atoms with van der Waals surface area (Å²) < 4.78 is 0. The van der Waals surface area contributed by atoms with E-state index in [2.05, 4.69) is 15.6 Å². The normalized spacial score (nSPS) is 9.95. The van der Waals surface area contributed by atoms with E-state index in [1.165, 1.54) is 17.5 Å². The van der Waals surface area contributed by atoms with Gasteiger partial charge in [0.25, 0.3) is 5.91 Å². The molecule has 7 heteroatoms. The molecule has 1 heterocycles. The first kappa shape index (κ1) is 13.5. The molecule has 2 rings (SSSR count). The van der Waals surface area contributed by atoms with Crippen LogP contribution in [0.5, 0.6) is 0 Å². The van der Waals surface area contributed by atoms with Gasteiger partial charge >= 0.3 is 0 Å². The van der Waals surface area contributed by atoms with E-state index in [9.17, 15) is 9.59 Å². The monoisotopic (exact) mass is 295 g/mol. The quantitative estimate of drug-likeness (QED) is 0.908. The molecule has 5 nitrogen and oxygen atoms in total. The molecule has 0 aliphatic carbocycles. The lowest BCUT2D eigenvalue weighted by atomic mass is 10.3. The summed E-state index contributed by atoms with van der Waals surface area (Å²) in [6, 6.07) is 6.79. The molecule has 2 N–H and O–H groups in total. The first-order valence-electron chi connectivity index (χ1n) is 5.37. The van der Waals surface area contributed by atoms with E-state index < -0.39 is 0 Å². The molecular formula is C12H10ClN3O2S. The summed E-state index contributed by atoms with van der Waals surface area (Å²) >= 11 is 7.01. The van der Waals surface area contributed by atoms with Crippen molar-refractivity contribution >= 4 is 40.4 Å². The van der Waals surface area contributed by atoms with Crippen molar-refractivity contribution in [2.75, 3.05) is 11.9 Å². The molecule has 98 valence electrons. The summed E-state index contributed by atoms with van der Waals surface area (Å²) in [6.45, 7) is -0.108. The van der Waals surface area contributed by atoms with Gasteiger partial charge in [-0.05, 0) is 18.2 Å². The maximum atomic E-state index is 11.6. The molecule has 0 fully saturated rings. The van der Waals surface area contributed by atoms with Gasteiger partial charge in [-0.15, -0.1) is 11.3 Å². The fourth-order valence-corrected chi connectivity index (χ4v) is 2.07. The number of benzene rings is 1. The maximum Gasteiger partial charge on any atom is 0.263 e. The number of rotatable bonds is 4. The molecule has 0 spiro atoms. The third-order valence-electron chi connectivity index (χ3n) is 2.17. The van der Waals surface area contributed by atoms with Gasteiger partial charge in [0, 0.05) is 10.7 Å². The molecule has 0 bridgehead atoms. The fraction of sp³-hybridized carbons (Fsp3) is 0.0833. The number of carbonyl (C=O) groups is 2. The highest BCUT2D eigenvalue weighted by Crippen LogP contribution is 2.14. The topological polar surface area (TPSA) is 71.1 Å². The second-order valence-electron chi connectivity index (χ2n) is 3.61. The number of hydrogen-bond acceptors (Lipinski definition) is 4. The summed E-state index contributed by atoms with van der Waals surface area (Å²) in [5.41, 5.74) is 2.14. The molecule has 0 saturated carbocycles. The molecule has 0 saturated heterocycles. The summed E-state index contributed by atoms with van der Waals surface area (Å²) in [5, 5.41) is 5.67. The molecule has 0 aliphatic heterocycles. The van der Waals surface area contributed by atoms with Gasteiger partial charge in [-0.25, -0.2) is 0 Å². The molecule has 2 amide bonds. The lowest BCUT2D eigenvalue weighted by molar-refractivity contribution is -0.115. The first-order valence-corrected chi connectivity index (χ1v) is 6.63. The molecule has 0 unspecified atom stereocenters. The highest BCUT2D eigenvalue weighted by atomic mass is 35.5. The van der Waals surface area contributed by atoms with Crippen LogP contribution in [0.1, 0.15) is 9.67 Å². The van der Waals surface area contributed by atoms with Crippen LogP contribution < -0.4 is 10.6 Å². The van der Waals surface area contributed by atoms with Crippen LogP contribution in [0.15, 0.2) is 36.0 Å². The minimum atomic E-state index is -0.319. The van der Waals surface area contributed by atoms with Crippen molar-refractivity contribution in [1.29, 1.82) is 0 Å². The third-order valence-corrected chi connectivity index (χ3v) is 3.18. The number of anilines is 1. The van der Waals surface area contributed by atoms with Gasteiger partial charge in [-0.1, -0.05) is 17.7 Å². The van der Waals surface area contributed by atoms with Crippen LogP contribution in [0.4, 0.5) is 5.69 Å². The van der Waals surface area contributed by atoms with Gasteiger partial charge in [-0.2, -0.15) is 0 Å². The number of amides is 2. The molecule has 19 heavy (non-hydrogen) atoms. The summed E-state index contributed by atoms with van der Waals surface area (Å²) in [6.07, 6.45) is 1.45. The minimum absolute atomic E-state index is 0.108. The Hall–Kier alpha value is -1.92. The van der Waals surface area contributed by atoms with Crippen molar-refractivity contribution < 1.29 is 9.59 Å². The number of hydrogen-bond donors (Lipinski definition) is 2. The number of thiazole rings is 1. The van der Waals surface area contributed by atoms with Crippen molar-refractivity contribution in [2.24, 2.45) is 0 Å². The third kappa shape index (κ3) is 4.04. The zero-order valence-corrected chi connectivity index (χ0v) is 11.3. The van der Waals surface area contributed by atoms with E-state index in [1.54, 1.807) is 29.8 Å². The Labute approximate surface area is 118 Å². The van der Waals surface area contributed by atoms with Crippen LogP contribution in [0.2, 0.25) is 5.02 Å². The maximum absolute atomic E-state index is 11.6. The predicted octanol–water partition coefficient (Wildman–Crippen LogP) is 2.17. The molecule has 1 aromatic carbocycles. The van der Waals surface area contributed by atoms with E-state index in [4.69, 9.17) is 11.6 Å². The van der Waals surface area contributed by atoms with Gasteiger partial charge in [0.05, 0.1) is 18.3 Å². The number of halogens is 1. The number of carbonyl (C=O) groups excluding carboxylic acids is 2. The fourth-order valence-electron chi connectivity index (χ4n) is 1.35. The van der Waals surface area contributed by atoms with Gasteiger partial charge in [0.15, 0.2) is 0 Å². The molecule has 0 atom stereocenters. The Balaban J connectivity index is 1.83. The van der Waals surface area contributed by atoms with Crippen LogP contribution >= 0.6 is 22.9 Å². The van der Waals surface area contributed by atoms with Gasteiger partial charge in [-0.3, -0.25) is 14.6 Å². The van der Waals surface area contributed by atoms with Gasteiger partial charge < -0.3 is 10.6 Å². The molecule has 0 aliphatic rings. The lowest BCUT2D eigenvalue weighted by Gasteiger charge is -2.06. The Morgan fingerprint density at radius 3 is 2.89 bits per heavy atom.